The normalized spacial score (nSPS) is 16.5. The second-order valence-corrected chi connectivity index (χ2v) is 6.23. The highest BCUT2D eigenvalue weighted by Crippen LogP contribution is 2.31. The van der Waals surface area contributed by atoms with Crippen LogP contribution in [0, 0.1) is 0 Å². The van der Waals surface area contributed by atoms with Crippen LogP contribution in [0.4, 0.5) is 0 Å². The fourth-order valence-corrected chi connectivity index (χ4v) is 3.31. The maximum absolute atomic E-state index is 6.14. The lowest BCUT2D eigenvalue weighted by molar-refractivity contribution is 0.183. The molecule has 2 aromatic rings. The predicted molar refractivity (Wildman–Crippen MR) is 88.8 cm³/mol. The number of fused-ring (bicyclic) bond motifs is 1. The Bertz CT molecular complexity index is 642. The quantitative estimate of drug-likeness (QED) is 0.924. The Morgan fingerprint density at radius 3 is 2.52 bits per heavy atom. The van der Waals surface area contributed by atoms with E-state index >= 15 is 0 Å². The molecule has 0 aliphatic carbocycles. The molecule has 3 rings (SSSR count). The molecule has 1 aliphatic heterocycles. The molecule has 1 heterocycles. The van der Waals surface area contributed by atoms with E-state index in [4.69, 9.17) is 28.9 Å². The van der Waals surface area contributed by atoms with Gasteiger partial charge in [0, 0.05) is 25.7 Å². The van der Waals surface area contributed by atoms with Crippen molar-refractivity contribution in [2.24, 2.45) is 5.73 Å². The molecule has 2 aromatic carbocycles. The summed E-state index contributed by atoms with van der Waals surface area (Å²) in [6, 6.07) is 14.6. The molecule has 0 aromatic heterocycles. The number of nitrogens with zero attached hydrogens (tertiary/aromatic N) is 1. The van der Waals surface area contributed by atoms with Crippen LogP contribution >= 0.6 is 23.2 Å². The average molecular weight is 321 g/mol. The van der Waals surface area contributed by atoms with Crippen LogP contribution in [-0.2, 0) is 13.0 Å². The molecule has 0 amide bonds. The first-order valence-electron chi connectivity index (χ1n) is 7.15. The standard InChI is InChI=1S/C17H18Cl2N2/c18-15-6-5-13(9-16(15)19)17(10-20)21-8-7-12-3-1-2-4-14(12)11-21/h1-6,9,17H,7-8,10-11,20H2. The number of benzene rings is 2. The SMILES string of the molecule is NCC(c1ccc(Cl)c(Cl)c1)N1CCc2ccccc2C1. The second-order valence-electron chi connectivity index (χ2n) is 5.41. The molecule has 0 saturated heterocycles. The van der Waals surface area contributed by atoms with E-state index in [1.165, 1.54) is 11.1 Å². The molecular weight excluding hydrogens is 303 g/mol. The second kappa shape index (κ2) is 6.37. The first-order chi connectivity index (χ1) is 10.2. The Hall–Kier alpha value is -1.06. The van der Waals surface area contributed by atoms with Crippen molar-refractivity contribution in [3.8, 4) is 0 Å². The molecule has 2 nitrogen and oxygen atoms in total. The largest absolute Gasteiger partial charge is 0.329 e. The number of nitrogens with two attached hydrogens (primary N) is 1. The van der Waals surface area contributed by atoms with E-state index in [2.05, 4.69) is 29.2 Å². The van der Waals surface area contributed by atoms with Crippen molar-refractivity contribution in [3.63, 3.8) is 0 Å². The minimum absolute atomic E-state index is 0.174. The summed E-state index contributed by atoms with van der Waals surface area (Å²) in [6.07, 6.45) is 1.06. The first kappa shape index (κ1) is 14.9. The number of hydrogen-bond donors (Lipinski definition) is 1. The average Bonchev–Trinajstić information content (AvgIpc) is 2.51. The summed E-state index contributed by atoms with van der Waals surface area (Å²) in [5.74, 6) is 0. The third-order valence-corrected chi connectivity index (χ3v) is 4.89. The van der Waals surface area contributed by atoms with Crippen LogP contribution in [0.2, 0.25) is 10.0 Å². The minimum atomic E-state index is 0.174. The van der Waals surface area contributed by atoms with Crippen LogP contribution in [0.3, 0.4) is 0 Å². The zero-order valence-corrected chi connectivity index (χ0v) is 13.2. The van der Waals surface area contributed by atoms with Gasteiger partial charge in [-0.1, -0.05) is 53.5 Å². The molecule has 4 heteroatoms. The third-order valence-electron chi connectivity index (χ3n) is 4.15. The molecule has 21 heavy (non-hydrogen) atoms. The summed E-state index contributed by atoms with van der Waals surface area (Å²) in [4.78, 5) is 2.42. The van der Waals surface area contributed by atoms with Crippen LogP contribution in [-0.4, -0.2) is 18.0 Å². The Morgan fingerprint density at radius 1 is 1.05 bits per heavy atom. The van der Waals surface area contributed by atoms with Gasteiger partial charge in [0.25, 0.3) is 0 Å². The van der Waals surface area contributed by atoms with Gasteiger partial charge in [0.05, 0.1) is 10.0 Å². The van der Waals surface area contributed by atoms with Crippen molar-refractivity contribution in [2.45, 2.75) is 19.0 Å². The van der Waals surface area contributed by atoms with E-state index in [1.807, 2.05) is 18.2 Å². The van der Waals surface area contributed by atoms with E-state index in [-0.39, 0.29) is 6.04 Å². The molecule has 1 aliphatic rings. The van der Waals surface area contributed by atoms with Crippen molar-refractivity contribution >= 4 is 23.2 Å². The van der Waals surface area contributed by atoms with E-state index < -0.39 is 0 Å². The molecule has 0 radical (unpaired) electrons. The van der Waals surface area contributed by atoms with Gasteiger partial charge in [-0.05, 0) is 35.2 Å². The van der Waals surface area contributed by atoms with Crippen molar-refractivity contribution in [1.29, 1.82) is 0 Å². The summed E-state index contributed by atoms with van der Waals surface area (Å²) in [7, 11) is 0. The van der Waals surface area contributed by atoms with Crippen molar-refractivity contribution in [1.82, 2.24) is 4.90 Å². The Morgan fingerprint density at radius 2 is 1.81 bits per heavy atom. The smallest absolute Gasteiger partial charge is 0.0595 e. The van der Waals surface area contributed by atoms with Crippen molar-refractivity contribution < 1.29 is 0 Å². The molecule has 0 fully saturated rings. The van der Waals surface area contributed by atoms with Gasteiger partial charge in [0.2, 0.25) is 0 Å². The zero-order chi connectivity index (χ0) is 14.8. The fraction of sp³-hybridized carbons (Fsp3) is 0.294. The Labute approximate surface area is 135 Å². The van der Waals surface area contributed by atoms with Gasteiger partial charge in [-0.25, -0.2) is 0 Å². The summed E-state index contributed by atoms with van der Waals surface area (Å²) < 4.78 is 0. The fourth-order valence-electron chi connectivity index (χ4n) is 3.00. The van der Waals surface area contributed by atoms with Crippen LogP contribution in [0.15, 0.2) is 42.5 Å². The molecule has 0 spiro atoms. The predicted octanol–water partition coefficient (Wildman–Crippen LogP) is 4.05. The lowest BCUT2D eigenvalue weighted by Gasteiger charge is -2.35. The van der Waals surface area contributed by atoms with E-state index in [0.29, 0.717) is 16.6 Å². The molecule has 0 saturated carbocycles. The minimum Gasteiger partial charge on any atom is -0.329 e. The molecular formula is C17H18Cl2N2. The van der Waals surface area contributed by atoms with Gasteiger partial charge < -0.3 is 5.73 Å². The number of halogens is 2. The summed E-state index contributed by atoms with van der Waals surface area (Å²) in [5.41, 5.74) is 9.99. The summed E-state index contributed by atoms with van der Waals surface area (Å²) in [6.45, 7) is 2.51. The highest BCUT2D eigenvalue weighted by Gasteiger charge is 2.24. The zero-order valence-electron chi connectivity index (χ0n) is 11.7. The Balaban J connectivity index is 1.86. The topological polar surface area (TPSA) is 29.3 Å². The molecule has 1 unspecified atom stereocenters. The summed E-state index contributed by atoms with van der Waals surface area (Å²) >= 11 is 12.1. The Kier molecular flexibility index (Phi) is 4.51. The van der Waals surface area contributed by atoms with Crippen molar-refractivity contribution in [3.05, 3.63) is 69.2 Å². The molecule has 2 N–H and O–H groups in total. The lowest BCUT2D eigenvalue weighted by Crippen LogP contribution is -2.37. The lowest BCUT2D eigenvalue weighted by atomic mass is 9.96. The van der Waals surface area contributed by atoms with Gasteiger partial charge in [0.15, 0.2) is 0 Å². The van der Waals surface area contributed by atoms with Gasteiger partial charge in [0.1, 0.15) is 0 Å². The third kappa shape index (κ3) is 3.09. The molecule has 110 valence electrons. The van der Waals surface area contributed by atoms with Crippen LogP contribution in [0.25, 0.3) is 0 Å². The van der Waals surface area contributed by atoms with E-state index in [9.17, 15) is 0 Å². The van der Waals surface area contributed by atoms with Crippen LogP contribution in [0.5, 0.6) is 0 Å². The maximum Gasteiger partial charge on any atom is 0.0595 e. The number of rotatable bonds is 3. The van der Waals surface area contributed by atoms with Crippen molar-refractivity contribution in [2.75, 3.05) is 13.1 Å². The van der Waals surface area contributed by atoms with E-state index in [1.54, 1.807) is 0 Å². The highest BCUT2D eigenvalue weighted by molar-refractivity contribution is 6.42. The van der Waals surface area contributed by atoms with Crippen LogP contribution < -0.4 is 5.73 Å². The van der Waals surface area contributed by atoms with Gasteiger partial charge in [-0.2, -0.15) is 0 Å². The van der Waals surface area contributed by atoms with Crippen LogP contribution in [0.1, 0.15) is 22.7 Å². The number of hydrogen-bond acceptors (Lipinski definition) is 2. The summed E-state index contributed by atoms with van der Waals surface area (Å²) in [5, 5.41) is 1.17. The van der Waals surface area contributed by atoms with Gasteiger partial charge >= 0.3 is 0 Å². The van der Waals surface area contributed by atoms with Gasteiger partial charge in [-0.3, -0.25) is 4.90 Å². The highest BCUT2D eigenvalue weighted by atomic mass is 35.5. The monoisotopic (exact) mass is 320 g/mol. The maximum atomic E-state index is 6.14. The molecule has 0 bridgehead atoms. The first-order valence-corrected chi connectivity index (χ1v) is 7.90. The van der Waals surface area contributed by atoms with E-state index in [0.717, 1.165) is 25.1 Å². The molecule has 1 atom stereocenters. The van der Waals surface area contributed by atoms with Gasteiger partial charge in [-0.15, -0.1) is 0 Å².